The van der Waals surface area contributed by atoms with E-state index < -0.39 is 0 Å². The van der Waals surface area contributed by atoms with Crippen LogP contribution in [0.25, 0.3) is 108 Å². The Hall–Kier alpha value is -8.24. The fraction of sp³-hybridized carbons (Fsp3) is 0. The molecule has 13 rings (SSSR count). The summed E-state index contributed by atoms with van der Waals surface area (Å²) >= 11 is 1.87. The van der Waals surface area contributed by atoms with Crippen molar-refractivity contribution < 1.29 is 4.42 Å². The Labute approximate surface area is 380 Å². The molecule has 0 saturated carbocycles. The normalized spacial score (nSPS) is 11.7. The molecule has 0 radical (unpaired) electrons. The van der Waals surface area contributed by atoms with Crippen LogP contribution in [0.15, 0.2) is 241 Å². The van der Waals surface area contributed by atoms with Gasteiger partial charge in [-0.3, -0.25) is 0 Å². The molecular weight excluding hydrogens is 807 g/mol. The third-order valence-electron chi connectivity index (χ3n) is 13.0. The van der Waals surface area contributed by atoms with Crippen LogP contribution >= 0.6 is 11.3 Å². The van der Waals surface area contributed by atoms with Gasteiger partial charge in [0, 0.05) is 47.9 Å². The zero-order chi connectivity index (χ0) is 42.8. The van der Waals surface area contributed by atoms with E-state index in [0.717, 1.165) is 50.1 Å². The number of nitrogens with zero attached hydrogens (tertiary/aromatic N) is 1. The Bertz CT molecular complexity index is 3950. The van der Waals surface area contributed by atoms with Gasteiger partial charge in [0.2, 0.25) is 0 Å². The van der Waals surface area contributed by atoms with Gasteiger partial charge in [-0.2, -0.15) is 0 Å². The minimum Gasteiger partial charge on any atom is -0.456 e. The average molecular weight is 846 g/mol. The molecule has 2 heterocycles. The Balaban J connectivity index is 0.926. The number of hydrogen-bond acceptors (Lipinski definition) is 3. The molecule has 304 valence electrons. The summed E-state index contributed by atoms with van der Waals surface area (Å²) in [4.78, 5) is 2.40. The van der Waals surface area contributed by atoms with E-state index in [-0.39, 0.29) is 0 Å². The van der Waals surface area contributed by atoms with Crippen molar-refractivity contribution in [3.05, 3.63) is 237 Å². The third-order valence-corrected chi connectivity index (χ3v) is 14.3. The standard InChI is InChI=1S/C62H39NOS/c1-2-12-43-36-48(24-23-40(43)11-1)45-16-9-15-44(35-45)41-25-30-50(31-26-41)63(51-32-27-42(28-33-51)53-19-10-20-55-54-18-6-8-22-61(54)65-62(53)55)58-21-7-5-17-52(58)49-29-34-59-56(38-49)57-37-46-13-3-4-14-47(46)39-60(57)64-59/h1-39H. The monoisotopic (exact) mass is 845 g/mol. The van der Waals surface area contributed by atoms with Gasteiger partial charge in [0.25, 0.3) is 0 Å². The predicted molar refractivity (Wildman–Crippen MR) is 278 cm³/mol. The van der Waals surface area contributed by atoms with Crippen molar-refractivity contribution >= 4 is 92.1 Å². The molecule has 0 spiro atoms. The summed E-state index contributed by atoms with van der Waals surface area (Å²) in [6.45, 7) is 0. The van der Waals surface area contributed by atoms with Crippen molar-refractivity contribution in [2.45, 2.75) is 0 Å². The first-order valence-electron chi connectivity index (χ1n) is 22.1. The van der Waals surface area contributed by atoms with E-state index in [0.29, 0.717) is 0 Å². The molecule has 0 amide bonds. The number of anilines is 3. The highest BCUT2D eigenvalue weighted by atomic mass is 32.1. The SMILES string of the molecule is c1cc(-c2ccc(N(c3ccc(-c4cccc5c4sc4ccccc45)cc3)c3ccccc3-c3ccc4oc5cc6ccccc6cc5c4c3)cc2)cc(-c2ccc3ccccc3c2)c1. The summed E-state index contributed by atoms with van der Waals surface area (Å²) in [5.74, 6) is 0. The molecular formula is C62H39NOS. The van der Waals surface area contributed by atoms with Crippen LogP contribution in [0.3, 0.4) is 0 Å². The fourth-order valence-corrected chi connectivity index (χ4v) is 11.0. The molecule has 0 saturated heterocycles. The van der Waals surface area contributed by atoms with Gasteiger partial charge >= 0.3 is 0 Å². The van der Waals surface area contributed by atoms with Crippen LogP contribution in [0, 0.1) is 0 Å². The molecule has 0 bridgehead atoms. The number of para-hydroxylation sites is 1. The number of fused-ring (bicyclic) bond motifs is 8. The molecule has 2 nitrogen and oxygen atoms in total. The third kappa shape index (κ3) is 6.48. The molecule has 3 heteroatoms. The van der Waals surface area contributed by atoms with E-state index in [1.54, 1.807) is 0 Å². The first-order chi connectivity index (χ1) is 32.2. The Kier molecular flexibility index (Phi) is 8.75. The molecule has 11 aromatic carbocycles. The highest BCUT2D eigenvalue weighted by Crippen LogP contribution is 2.45. The van der Waals surface area contributed by atoms with E-state index in [1.807, 2.05) is 11.3 Å². The maximum Gasteiger partial charge on any atom is 0.136 e. The lowest BCUT2D eigenvalue weighted by atomic mass is 9.96. The lowest BCUT2D eigenvalue weighted by Gasteiger charge is -2.28. The lowest BCUT2D eigenvalue weighted by Crippen LogP contribution is -2.11. The van der Waals surface area contributed by atoms with Crippen molar-refractivity contribution in [1.29, 1.82) is 0 Å². The van der Waals surface area contributed by atoms with E-state index in [4.69, 9.17) is 4.42 Å². The first kappa shape index (κ1) is 37.3. The molecule has 0 N–H and O–H groups in total. The average Bonchev–Trinajstić information content (AvgIpc) is 3.94. The Morgan fingerprint density at radius 3 is 1.69 bits per heavy atom. The number of thiophene rings is 1. The van der Waals surface area contributed by atoms with Crippen LogP contribution in [0.4, 0.5) is 17.1 Å². The van der Waals surface area contributed by atoms with Gasteiger partial charge in [0.1, 0.15) is 11.2 Å². The maximum absolute atomic E-state index is 6.45. The minimum absolute atomic E-state index is 0.887. The first-order valence-corrected chi connectivity index (χ1v) is 23.0. The van der Waals surface area contributed by atoms with Gasteiger partial charge in [-0.25, -0.2) is 0 Å². The predicted octanol–water partition coefficient (Wildman–Crippen LogP) is 18.4. The van der Waals surface area contributed by atoms with Crippen LogP contribution in [-0.4, -0.2) is 0 Å². The highest BCUT2D eigenvalue weighted by Gasteiger charge is 2.20. The molecule has 0 aliphatic carbocycles. The summed E-state index contributed by atoms with van der Waals surface area (Å²) in [7, 11) is 0. The van der Waals surface area contributed by atoms with E-state index >= 15 is 0 Å². The Morgan fingerprint density at radius 1 is 0.308 bits per heavy atom. The smallest absolute Gasteiger partial charge is 0.136 e. The molecule has 0 atom stereocenters. The van der Waals surface area contributed by atoms with Gasteiger partial charge in [-0.1, -0.05) is 164 Å². The number of rotatable bonds is 7. The van der Waals surface area contributed by atoms with Crippen LogP contribution in [0.2, 0.25) is 0 Å². The van der Waals surface area contributed by atoms with Crippen LogP contribution < -0.4 is 4.90 Å². The molecule has 0 unspecified atom stereocenters. The molecule has 0 aliphatic rings. The summed E-state index contributed by atoms with van der Waals surface area (Å²) in [6.07, 6.45) is 0. The second-order valence-corrected chi connectivity index (χ2v) is 17.9. The van der Waals surface area contributed by atoms with Crippen molar-refractivity contribution in [1.82, 2.24) is 0 Å². The van der Waals surface area contributed by atoms with Crippen molar-refractivity contribution in [2.24, 2.45) is 0 Å². The molecule has 13 aromatic rings. The number of hydrogen-bond donors (Lipinski definition) is 0. The lowest BCUT2D eigenvalue weighted by molar-refractivity contribution is 0.669. The number of benzene rings is 11. The molecule has 0 aliphatic heterocycles. The van der Waals surface area contributed by atoms with E-state index in [1.165, 1.54) is 75.1 Å². The second-order valence-electron chi connectivity index (χ2n) is 16.9. The van der Waals surface area contributed by atoms with Gasteiger partial charge < -0.3 is 9.32 Å². The second kappa shape index (κ2) is 15.2. The van der Waals surface area contributed by atoms with Gasteiger partial charge in [-0.05, 0) is 133 Å². The summed E-state index contributed by atoms with van der Waals surface area (Å²) in [6, 6.07) is 86.1. The van der Waals surface area contributed by atoms with Gasteiger partial charge in [-0.15, -0.1) is 11.3 Å². The van der Waals surface area contributed by atoms with Crippen molar-refractivity contribution in [3.63, 3.8) is 0 Å². The zero-order valence-electron chi connectivity index (χ0n) is 35.3. The van der Waals surface area contributed by atoms with Crippen molar-refractivity contribution in [2.75, 3.05) is 4.90 Å². The van der Waals surface area contributed by atoms with E-state index in [2.05, 4.69) is 241 Å². The van der Waals surface area contributed by atoms with Crippen LogP contribution in [0.5, 0.6) is 0 Å². The largest absolute Gasteiger partial charge is 0.456 e. The summed E-state index contributed by atoms with van der Waals surface area (Å²) < 4.78 is 9.08. The highest BCUT2D eigenvalue weighted by molar-refractivity contribution is 7.26. The zero-order valence-corrected chi connectivity index (χ0v) is 36.1. The topological polar surface area (TPSA) is 16.4 Å². The van der Waals surface area contributed by atoms with Crippen LogP contribution in [0.1, 0.15) is 0 Å². The Morgan fingerprint density at radius 2 is 0.877 bits per heavy atom. The maximum atomic E-state index is 6.45. The summed E-state index contributed by atoms with van der Waals surface area (Å²) in [5.41, 5.74) is 14.5. The van der Waals surface area contributed by atoms with E-state index in [9.17, 15) is 0 Å². The molecule has 0 fully saturated rings. The fourth-order valence-electron chi connectivity index (χ4n) is 9.78. The van der Waals surface area contributed by atoms with Crippen molar-refractivity contribution in [3.8, 4) is 44.5 Å². The van der Waals surface area contributed by atoms with Gasteiger partial charge in [0.05, 0.1) is 5.69 Å². The minimum atomic E-state index is 0.887. The quantitative estimate of drug-likeness (QED) is 0.159. The van der Waals surface area contributed by atoms with Gasteiger partial charge in [0.15, 0.2) is 0 Å². The number of furan rings is 1. The molecule has 2 aromatic heterocycles. The molecule has 65 heavy (non-hydrogen) atoms. The van der Waals surface area contributed by atoms with Crippen LogP contribution in [-0.2, 0) is 0 Å². The summed E-state index contributed by atoms with van der Waals surface area (Å²) in [5, 5.41) is 9.73.